The van der Waals surface area contributed by atoms with Gasteiger partial charge in [0, 0.05) is 39.8 Å². The number of ether oxygens (including phenoxy) is 2. The van der Waals surface area contributed by atoms with E-state index in [9.17, 15) is 4.79 Å². The van der Waals surface area contributed by atoms with E-state index in [0.717, 1.165) is 0 Å². The van der Waals surface area contributed by atoms with Crippen LogP contribution in [0.1, 0.15) is 20.3 Å². The smallest absolute Gasteiger partial charge is 0.321 e. The van der Waals surface area contributed by atoms with Crippen LogP contribution in [0.15, 0.2) is 72.8 Å². The van der Waals surface area contributed by atoms with E-state index in [2.05, 4.69) is 60.7 Å². The highest BCUT2D eigenvalue weighted by atomic mass is 127. The van der Waals surface area contributed by atoms with Gasteiger partial charge < -0.3 is 9.47 Å². The van der Waals surface area contributed by atoms with Crippen molar-refractivity contribution in [1.29, 1.82) is 0 Å². The van der Waals surface area contributed by atoms with Gasteiger partial charge in [0.15, 0.2) is 14.3 Å². The topological polar surface area (TPSA) is 35.5 Å². The van der Waals surface area contributed by atoms with Gasteiger partial charge in [-0.1, -0.05) is 53.8 Å². The molecule has 2 unspecified atom stereocenters. The van der Waals surface area contributed by atoms with Crippen LogP contribution in [0.2, 0.25) is 0 Å². The number of carbonyl (C=O) groups excluding carboxylic acids is 1. The van der Waals surface area contributed by atoms with Crippen molar-refractivity contribution in [3.8, 4) is 10.6 Å². The minimum Gasteiger partial charge on any atom is -0.455 e. The van der Waals surface area contributed by atoms with E-state index in [1.54, 1.807) is 0 Å². The van der Waals surface area contributed by atoms with E-state index in [1.807, 2.05) is 48.6 Å². The fourth-order valence-corrected chi connectivity index (χ4v) is 5.85. The Hall–Kier alpha value is -2.12. The molecule has 1 aromatic heterocycles. The molecular formula is C24H22IO3S+. The van der Waals surface area contributed by atoms with Gasteiger partial charge in [-0.25, -0.2) is 0 Å². The van der Waals surface area contributed by atoms with Gasteiger partial charge in [0.05, 0.1) is 0 Å². The molecule has 0 N–H and O–H groups in total. The molecule has 4 rings (SSSR count). The maximum Gasteiger partial charge on any atom is 0.321 e. The van der Waals surface area contributed by atoms with Gasteiger partial charge in [-0.15, -0.1) is 0 Å². The second-order valence-electron chi connectivity index (χ2n) is 6.78. The van der Waals surface area contributed by atoms with Crippen molar-refractivity contribution in [3.63, 3.8) is 0 Å². The number of esters is 1. The summed E-state index contributed by atoms with van der Waals surface area (Å²) in [7, 11) is -0.121. The summed E-state index contributed by atoms with van der Waals surface area (Å²) in [6, 6.07) is 25.4. The molecule has 0 fully saturated rings. The highest BCUT2D eigenvalue weighted by Crippen LogP contribution is 2.48. The first-order valence-electron chi connectivity index (χ1n) is 9.62. The van der Waals surface area contributed by atoms with Crippen molar-refractivity contribution in [1.82, 2.24) is 0 Å². The molecule has 0 aliphatic heterocycles. The molecule has 0 radical (unpaired) electrons. The molecule has 0 bridgehead atoms. The molecule has 3 nitrogen and oxygen atoms in total. The lowest BCUT2D eigenvalue weighted by atomic mass is 10.2. The first kappa shape index (κ1) is 20.2. The third-order valence-electron chi connectivity index (χ3n) is 4.74. The normalized spacial score (nSPS) is 13.3. The van der Waals surface area contributed by atoms with Crippen molar-refractivity contribution < 1.29 is 14.3 Å². The first-order chi connectivity index (χ1) is 14.1. The van der Waals surface area contributed by atoms with Gasteiger partial charge in [0.2, 0.25) is 6.29 Å². The highest BCUT2D eigenvalue weighted by Gasteiger charge is 2.23. The van der Waals surface area contributed by atoms with Crippen molar-refractivity contribution in [2.24, 2.45) is 0 Å². The lowest BCUT2D eigenvalue weighted by molar-refractivity contribution is -0.162. The predicted octanol–water partition coefficient (Wildman–Crippen LogP) is 7.21. The van der Waals surface area contributed by atoms with Crippen LogP contribution in [0.25, 0.3) is 25.1 Å². The lowest BCUT2D eigenvalue weighted by Gasteiger charge is -2.18. The van der Waals surface area contributed by atoms with Crippen molar-refractivity contribution in [2.45, 2.75) is 30.5 Å². The zero-order valence-electron chi connectivity index (χ0n) is 16.3. The number of hydrogen-bond acceptors (Lipinski definition) is 3. The Morgan fingerprint density at radius 1 is 0.931 bits per heavy atom. The van der Waals surface area contributed by atoms with Gasteiger partial charge >= 0.3 is 5.97 Å². The molecule has 5 heteroatoms. The Morgan fingerprint density at radius 3 is 2.00 bits per heavy atom. The molecule has 0 saturated carbocycles. The molecule has 148 valence electrons. The van der Waals surface area contributed by atoms with Crippen LogP contribution in [0.3, 0.4) is 0 Å². The van der Waals surface area contributed by atoms with Gasteiger partial charge in [0.25, 0.3) is 0 Å². The largest absolute Gasteiger partial charge is 0.455 e. The minimum atomic E-state index is -0.569. The third kappa shape index (κ3) is 4.12. The summed E-state index contributed by atoms with van der Waals surface area (Å²) in [5.74, 6) is 0.452. The minimum absolute atomic E-state index is 0.121. The number of hydrogen-bond donors (Lipinski definition) is 0. The molecule has 0 amide bonds. The summed E-state index contributed by atoms with van der Waals surface area (Å²) in [4.78, 5) is 13.1. The zero-order valence-corrected chi connectivity index (χ0v) is 19.3. The first-order valence-corrected chi connectivity index (χ1v) is 12.1. The summed E-state index contributed by atoms with van der Waals surface area (Å²) in [6.45, 7) is 3.75. The van der Waals surface area contributed by atoms with Crippen molar-refractivity contribution in [2.75, 3.05) is 0 Å². The molecule has 0 aliphatic rings. The zero-order chi connectivity index (χ0) is 20.4. The van der Waals surface area contributed by atoms with E-state index in [4.69, 9.17) is 9.47 Å². The summed E-state index contributed by atoms with van der Waals surface area (Å²) in [5, 5.41) is 2.63. The summed E-state index contributed by atoms with van der Waals surface area (Å²) in [6.07, 6.45) is 0.0306. The standard InChI is InChI=1S/C24H22IO3S/c1-3-23(28-24(26)16(2)25)27-17-12-14-18(15-13-17)29-21-10-6-4-8-19(21)20-9-5-7-11-22(20)29/h4-16,23H,3H2,1-2H3/q+1. The van der Waals surface area contributed by atoms with Crippen LogP contribution in [0.5, 0.6) is 5.75 Å². The molecule has 0 aliphatic carbocycles. The second-order valence-corrected chi connectivity index (χ2v) is 10.6. The number of alkyl halides is 1. The van der Waals surface area contributed by atoms with Crippen LogP contribution < -0.4 is 4.74 Å². The molecule has 29 heavy (non-hydrogen) atoms. The quantitative estimate of drug-likeness (QED) is 0.0892. The number of fused-ring (bicyclic) bond motifs is 3. The summed E-state index contributed by atoms with van der Waals surface area (Å²) >= 11 is 2.05. The fourth-order valence-electron chi connectivity index (χ4n) is 3.33. The monoisotopic (exact) mass is 517 g/mol. The maximum atomic E-state index is 11.9. The highest BCUT2D eigenvalue weighted by molar-refractivity contribution is 14.1. The summed E-state index contributed by atoms with van der Waals surface area (Å²) < 4.78 is 13.8. The number of thiophene rings is 1. The van der Waals surface area contributed by atoms with Crippen LogP contribution in [-0.2, 0) is 9.53 Å². The summed E-state index contributed by atoms with van der Waals surface area (Å²) in [5.41, 5.74) is 0. The molecule has 4 aromatic rings. The molecule has 2 atom stereocenters. The average Bonchev–Trinajstić information content (AvgIpc) is 3.08. The second kappa shape index (κ2) is 8.71. The van der Waals surface area contributed by atoms with Gasteiger partial charge in [0.1, 0.15) is 9.67 Å². The molecule has 3 aromatic carbocycles. The van der Waals surface area contributed by atoms with Crippen LogP contribution in [0, 0.1) is 0 Å². The van der Waals surface area contributed by atoms with Gasteiger partial charge in [-0.05, 0) is 43.3 Å². The van der Waals surface area contributed by atoms with E-state index in [1.165, 1.54) is 25.1 Å². The molecule has 1 heterocycles. The van der Waals surface area contributed by atoms with Crippen LogP contribution >= 0.6 is 33.1 Å². The lowest BCUT2D eigenvalue weighted by Crippen LogP contribution is -2.26. The van der Waals surface area contributed by atoms with E-state index >= 15 is 0 Å². The number of benzene rings is 3. The Labute approximate surface area is 186 Å². The average molecular weight is 517 g/mol. The Morgan fingerprint density at radius 2 is 1.48 bits per heavy atom. The Balaban J connectivity index is 1.65. The number of carbonyl (C=O) groups is 1. The maximum absolute atomic E-state index is 11.9. The molecule has 0 saturated heterocycles. The predicted molar refractivity (Wildman–Crippen MR) is 130 cm³/mol. The van der Waals surface area contributed by atoms with Crippen LogP contribution in [0.4, 0.5) is 0 Å². The van der Waals surface area contributed by atoms with E-state index in [0.29, 0.717) is 12.2 Å². The Kier molecular flexibility index (Phi) is 6.06. The van der Waals surface area contributed by atoms with E-state index in [-0.39, 0.29) is 20.4 Å². The van der Waals surface area contributed by atoms with Gasteiger partial charge in [-0.2, -0.15) is 0 Å². The number of halogens is 1. The third-order valence-corrected chi connectivity index (χ3v) is 7.58. The Bertz CT molecular complexity index is 1090. The van der Waals surface area contributed by atoms with Crippen molar-refractivity contribution >= 4 is 59.2 Å². The molecular weight excluding hydrogens is 495 g/mol. The van der Waals surface area contributed by atoms with E-state index < -0.39 is 6.29 Å². The van der Waals surface area contributed by atoms with Gasteiger partial charge in [-0.3, -0.25) is 4.79 Å². The SMILES string of the molecule is CCC(OC(=O)C(C)I)Oc1ccc(-[s+]2c3ccccc3c3ccccc32)cc1. The van der Waals surface area contributed by atoms with Crippen molar-refractivity contribution in [3.05, 3.63) is 72.8 Å². The fraction of sp³-hybridized carbons (Fsp3) is 0.208. The number of rotatable bonds is 6. The molecule has 0 spiro atoms. The van der Waals surface area contributed by atoms with Crippen LogP contribution in [-0.4, -0.2) is 16.2 Å².